The molecule has 1 fully saturated rings. The van der Waals surface area contributed by atoms with E-state index in [1.165, 1.54) is 11.8 Å². The Morgan fingerprint density at radius 3 is 2.67 bits per heavy atom. The van der Waals surface area contributed by atoms with Crippen molar-refractivity contribution in [2.24, 2.45) is 0 Å². The Kier molecular flexibility index (Phi) is 5.94. The summed E-state index contributed by atoms with van der Waals surface area (Å²) < 4.78 is 0. The highest BCUT2D eigenvalue weighted by Crippen LogP contribution is 2.24. The molecule has 0 saturated carbocycles. The Bertz CT molecular complexity index is 506. The van der Waals surface area contributed by atoms with Crippen molar-refractivity contribution in [3.05, 3.63) is 29.3 Å². The lowest BCUT2D eigenvalue weighted by molar-refractivity contribution is -0.141. The summed E-state index contributed by atoms with van der Waals surface area (Å²) in [5.41, 5.74) is 0. The SMILES string of the molecule is O=C(O)CC1CCCCN1C(=O)CSc1ccc(Cl)cc1. The summed E-state index contributed by atoms with van der Waals surface area (Å²) in [7, 11) is 0. The van der Waals surface area contributed by atoms with Gasteiger partial charge in [0.15, 0.2) is 0 Å². The summed E-state index contributed by atoms with van der Waals surface area (Å²) in [5, 5.41) is 9.61. The van der Waals surface area contributed by atoms with Crippen molar-refractivity contribution in [1.82, 2.24) is 4.90 Å². The van der Waals surface area contributed by atoms with Crippen LogP contribution < -0.4 is 0 Å². The smallest absolute Gasteiger partial charge is 0.305 e. The van der Waals surface area contributed by atoms with E-state index >= 15 is 0 Å². The van der Waals surface area contributed by atoms with Gasteiger partial charge in [0.2, 0.25) is 5.91 Å². The van der Waals surface area contributed by atoms with Gasteiger partial charge in [-0.3, -0.25) is 9.59 Å². The van der Waals surface area contributed by atoms with Crippen LogP contribution in [0.5, 0.6) is 0 Å². The minimum atomic E-state index is -0.843. The quantitative estimate of drug-likeness (QED) is 0.843. The standard InChI is InChI=1S/C15H18ClNO3S/c16-11-4-6-13(7-5-11)21-10-14(18)17-8-2-1-3-12(17)9-15(19)20/h4-7,12H,1-3,8-10H2,(H,19,20). The Balaban J connectivity index is 1.91. The van der Waals surface area contributed by atoms with E-state index in [0.717, 1.165) is 24.2 Å². The first kappa shape index (κ1) is 16.2. The third-order valence-electron chi connectivity index (χ3n) is 3.53. The number of benzene rings is 1. The van der Waals surface area contributed by atoms with Crippen molar-refractivity contribution in [3.63, 3.8) is 0 Å². The number of carbonyl (C=O) groups is 2. The molecular weight excluding hydrogens is 310 g/mol. The molecule has 0 bridgehead atoms. The first-order valence-corrected chi connectivity index (χ1v) is 8.32. The van der Waals surface area contributed by atoms with Crippen LogP contribution in [-0.4, -0.2) is 40.2 Å². The summed E-state index contributed by atoms with van der Waals surface area (Å²) >= 11 is 7.28. The van der Waals surface area contributed by atoms with Gasteiger partial charge in [-0.25, -0.2) is 0 Å². The van der Waals surface area contributed by atoms with Crippen molar-refractivity contribution in [3.8, 4) is 0 Å². The number of aliphatic carboxylic acids is 1. The normalized spacial score (nSPS) is 18.5. The van der Waals surface area contributed by atoms with Crippen molar-refractivity contribution < 1.29 is 14.7 Å². The van der Waals surface area contributed by atoms with Crippen LogP contribution in [0.15, 0.2) is 29.2 Å². The van der Waals surface area contributed by atoms with Gasteiger partial charge in [0.05, 0.1) is 12.2 Å². The number of hydrogen-bond acceptors (Lipinski definition) is 3. The number of piperidine rings is 1. The van der Waals surface area contributed by atoms with Crippen LogP contribution in [0.4, 0.5) is 0 Å². The van der Waals surface area contributed by atoms with Crippen molar-refractivity contribution in [1.29, 1.82) is 0 Å². The van der Waals surface area contributed by atoms with Crippen molar-refractivity contribution in [2.45, 2.75) is 36.6 Å². The average molecular weight is 328 g/mol. The Labute approximate surface area is 133 Å². The maximum absolute atomic E-state index is 12.3. The average Bonchev–Trinajstić information content (AvgIpc) is 2.46. The molecular formula is C15H18ClNO3S. The maximum Gasteiger partial charge on any atom is 0.305 e. The van der Waals surface area contributed by atoms with E-state index in [9.17, 15) is 9.59 Å². The van der Waals surface area contributed by atoms with Crippen LogP contribution in [0, 0.1) is 0 Å². The molecule has 0 aliphatic carbocycles. The van der Waals surface area contributed by atoms with E-state index < -0.39 is 5.97 Å². The number of thioether (sulfide) groups is 1. The van der Waals surface area contributed by atoms with Gasteiger partial charge in [-0.1, -0.05) is 11.6 Å². The minimum Gasteiger partial charge on any atom is -0.481 e. The molecule has 4 nitrogen and oxygen atoms in total. The molecule has 1 aliphatic rings. The number of rotatable bonds is 5. The molecule has 1 amide bonds. The lowest BCUT2D eigenvalue weighted by atomic mass is 9.99. The van der Waals surface area contributed by atoms with Gasteiger partial charge in [-0.15, -0.1) is 11.8 Å². The van der Waals surface area contributed by atoms with Crippen LogP contribution in [-0.2, 0) is 9.59 Å². The molecule has 1 aliphatic heterocycles. The van der Waals surface area contributed by atoms with Crippen LogP contribution in [0.1, 0.15) is 25.7 Å². The zero-order chi connectivity index (χ0) is 15.2. The summed E-state index contributed by atoms with van der Waals surface area (Å²) in [6.45, 7) is 0.665. The van der Waals surface area contributed by atoms with Crippen molar-refractivity contribution in [2.75, 3.05) is 12.3 Å². The molecule has 1 heterocycles. The van der Waals surface area contributed by atoms with E-state index in [4.69, 9.17) is 16.7 Å². The second kappa shape index (κ2) is 7.71. The molecule has 0 aromatic heterocycles. The molecule has 6 heteroatoms. The van der Waals surface area contributed by atoms with Crippen LogP contribution >= 0.6 is 23.4 Å². The van der Waals surface area contributed by atoms with Gasteiger partial charge in [0.1, 0.15) is 0 Å². The van der Waals surface area contributed by atoms with Gasteiger partial charge in [-0.05, 0) is 43.5 Å². The van der Waals surface area contributed by atoms with Gasteiger partial charge < -0.3 is 10.0 Å². The number of halogens is 1. The van der Waals surface area contributed by atoms with Gasteiger partial charge in [0, 0.05) is 22.5 Å². The van der Waals surface area contributed by atoms with E-state index in [1.54, 1.807) is 17.0 Å². The monoisotopic (exact) mass is 327 g/mol. The molecule has 0 spiro atoms. The summed E-state index contributed by atoms with van der Waals surface area (Å²) in [4.78, 5) is 25.9. The van der Waals surface area contributed by atoms with E-state index in [2.05, 4.69) is 0 Å². The summed E-state index contributed by atoms with van der Waals surface area (Å²) in [6.07, 6.45) is 2.76. The molecule has 0 radical (unpaired) electrons. The molecule has 1 aromatic carbocycles. The first-order valence-electron chi connectivity index (χ1n) is 6.96. The van der Waals surface area contributed by atoms with Gasteiger partial charge in [0.25, 0.3) is 0 Å². The fourth-order valence-electron chi connectivity index (χ4n) is 2.50. The molecule has 1 N–H and O–H groups in total. The zero-order valence-corrected chi connectivity index (χ0v) is 13.2. The maximum atomic E-state index is 12.3. The zero-order valence-electron chi connectivity index (χ0n) is 11.6. The number of hydrogen-bond donors (Lipinski definition) is 1. The summed E-state index contributed by atoms with van der Waals surface area (Å²) in [6, 6.07) is 7.19. The highest BCUT2D eigenvalue weighted by atomic mass is 35.5. The predicted molar refractivity (Wildman–Crippen MR) is 83.8 cm³/mol. The third-order valence-corrected chi connectivity index (χ3v) is 4.78. The lowest BCUT2D eigenvalue weighted by Gasteiger charge is -2.35. The number of carbonyl (C=O) groups excluding carboxylic acids is 1. The van der Waals surface area contributed by atoms with Gasteiger partial charge in [-0.2, -0.15) is 0 Å². The second-order valence-electron chi connectivity index (χ2n) is 5.08. The Morgan fingerprint density at radius 1 is 1.29 bits per heavy atom. The second-order valence-corrected chi connectivity index (χ2v) is 6.56. The largest absolute Gasteiger partial charge is 0.481 e. The van der Waals surface area contributed by atoms with Crippen molar-refractivity contribution >= 4 is 35.2 Å². The molecule has 2 rings (SSSR count). The van der Waals surface area contributed by atoms with Crippen LogP contribution in [0.2, 0.25) is 5.02 Å². The number of carboxylic acid groups (broad SMARTS) is 1. The summed E-state index contributed by atoms with van der Waals surface area (Å²) in [5.74, 6) is -0.497. The van der Waals surface area contributed by atoms with Gasteiger partial charge >= 0.3 is 5.97 Å². The first-order chi connectivity index (χ1) is 10.1. The fraction of sp³-hybridized carbons (Fsp3) is 0.467. The van der Waals surface area contributed by atoms with Crippen LogP contribution in [0.3, 0.4) is 0 Å². The molecule has 1 aromatic rings. The topological polar surface area (TPSA) is 57.6 Å². The third kappa shape index (κ3) is 4.93. The molecule has 21 heavy (non-hydrogen) atoms. The molecule has 1 saturated heterocycles. The number of nitrogens with zero attached hydrogens (tertiary/aromatic N) is 1. The van der Waals surface area contributed by atoms with E-state index in [0.29, 0.717) is 17.3 Å². The fourth-order valence-corrected chi connectivity index (χ4v) is 3.41. The molecule has 114 valence electrons. The Morgan fingerprint density at radius 2 is 2.00 bits per heavy atom. The predicted octanol–water partition coefficient (Wildman–Crippen LogP) is 3.29. The van der Waals surface area contributed by atoms with E-state index in [1.807, 2.05) is 12.1 Å². The Hall–Kier alpha value is -1.20. The molecule has 1 unspecified atom stereocenters. The van der Waals surface area contributed by atoms with Crippen LogP contribution in [0.25, 0.3) is 0 Å². The highest BCUT2D eigenvalue weighted by molar-refractivity contribution is 8.00. The van der Waals surface area contributed by atoms with E-state index in [-0.39, 0.29) is 18.4 Å². The number of amides is 1. The molecule has 1 atom stereocenters. The minimum absolute atomic E-state index is 0.0147. The lowest BCUT2D eigenvalue weighted by Crippen LogP contribution is -2.45. The number of carboxylic acids is 1. The number of likely N-dealkylation sites (tertiary alicyclic amines) is 1. The highest BCUT2D eigenvalue weighted by Gasteiger charge is 2.28.